The molecule has 3 aromatic rings. The lowest BCUT2D eigenvalue weighted by Gasteiger charge is -2.22. The SMILES string of the molecule is COC(=O)[C@H](Cc1c[nH]c2ccccc12)NC(=O)c1cc2n(n1)CCN(C)C2=O. The number of nitrogens with one attached hydrogen (secondary N) is 2. The Kier molecular flexibility index (Phi) is 4.79. The number of benzene rings is 1. The van der Waals surface area contributed by atoms with Gasteiger partial charge in [0, 0.05) is 43.2 Å². The number of methoxy groups -OCH3 is 1. The molecular weight excluding hydrogens is 374 g/mol. The van der Waals surface area contributed by atoms with E-state index in [-0.39, 0.29) is 18.0 Å². The smallest absolute Gasteiger partial charge is 0.328 e. The Bertz CT molecular complexity index is 1100. The van der Waals surface area contributed by atoms with Crippen LogP contribution in [0.5, 0.6) is 0 Å². The highest BCUT2D eigenvalue weighted by molar-refractivity contribution is 5.99. The second kappa shape index (κ2) is 7.42. The van der Waals surface area contributed by atoms with Gasteiger partial charge in [0.2, 0.25) is 0 Å². The van der Waals surface area contributed by atoms with Crippen molar-refractivity contribution in [2.75, 3.05) is 20.7 Å². The van der Waals surface area contributed by atoms with Crippen LogP contribution in [-0.2, 0) is 22.5 Å². The number of para-hydroxylation sites is 1. The van der Waals surface area contributed by atoms with E-state index in [1.54, 1.807) is 11.9 Å². The number of carbonyl (C=O) groups excluding carboxylic acids is 3. The van der Waals surface area contributed by atoms with Gasteiger partial charge in [-0.25, -0.2) is 4.79 Å². The molecule has 29 heavy (non-hydrogen) atoms. The molecule has 1 aromatic carbocycles. The van der Waals surface area contributed by atoms with Crippen molar-refractivity contribution in [2.45, 2.75) is 19.0 Å². The maximum absolute atomic E-state index is 12.7. The Labute approximate surface area is 166 Å². The van der Waals surface area contributed by atoms with Crippen LogP contribution in [0.15, 0.2) is 36.5 Å². The van der Waals surface area contributed by atoms with Gasteiger partial charge in [-0.2, -0.15) is 5.10 Å². The molecule has 0 radical (unpaired) electrons. The van der Waals surface area contributed by atoms with E-state index in [1.807, 2.05) is 30.5 Å². The first-order chi connectivity index (χ1) is 14.0. The van der Waals surface area contributed by atoms with Gasteiger partial charge >= 0.3 is 5.97 Å². The third-order valence-corrected chi connectivity index (χ3v) is 5.12. The molecule has 2 aromatic heterocycles. The van der Waals surface area contributed by atoms with E-state index < -0.39 is 17.9 Å². The van der Waals surface area contributed by atoms with Crippen LogP contribution >= 0.6 is 0 Å². The molecule has 9 heteroatoms. The van der Waals surface area contributed by atoms with Crippen molar-refractivity contribution in [3.8, 4) is 0 Å². The molecule has 1 aliphatic heterocycles. The molecule has 2 N–H and O–H groups in total. The highest BCUT2D eigenvalue weighted by atomic mass is 16.5. The zero-order chi connectivity index (χ0) is 20.5. The number of carbonyl (C=O) groups is 3. The number of H-pyrrole nitrogens is 1. The minimum atomic E-state index is -0.885. The molecule has 150 valence electrons. The summed E-state index contributed by atoms with van der Waals surface area (Å²) in [6.07, 6.45) is 2.08. The fraction of sp³-hybridized carbons (Fsp3) is 0.300. The second-order valence-electron chi connectivity index (χ2n) is 6.98. The van der Waals surface area contributed by atoms with Gasteiger partial charge in [0.1, 0.15) is 11.7 Å². The Morgan fingerprint density at radius 1 is 1.31 bits per heavy atom. The molecule has 0 saturated heterocycles. The van der Waals surface area contributed by atoms with Crippen molar-refractivity contribution in [1.82, 2.24) is 25.0 Å². The lowest BCUT2D eigenvalue weighted by Crippen LogP contribution is -2.43. The maximum Gasteiger partial charge on any atom is 0.328 e. The highest BCUT2D eigenvalue weighted by Gasteiger charge is 2.28. The van der Waals surface area contributed by atoms with Gasteiger partial charge in [-0.15, -0.1) is 0 Å². The molecular formula is C20H21N5O4. The molecule has 0 spiro atoms. The lowest BCUT2D eigenvalue weighted by molar-refractivity contribution is -0.142. The van der Waals surface area contributed by atoms with Crippen molar-refractivity contribution < 1.29 is 19.1 Å². The Hall–Kier alpha value is -3.62. The summed E-state index contributed by atoms with van der Waals surface area (Å²) in [5.41, 5.74) is 2.28. The molecule has 1 aliphatic rings. The molecule has 3 heterocycles. The van der Waals surface area contributed by atoms with Gasteiger partial charge in [-0.05, 0) is 11.6 Å². The number of fused-ring (bicyclic) bond motifs is 2. The monoisotopic (exact) mass is 395 g/mol. The molecule has 2 amide bonds. The van der Waals surface area contributed by atoms with Crippen LogP contribution in [0.4, 0.5) is 0 Å². The van der Waals surface area contributed by atoms with E-state index in [4.69, 9.17) is 4.74 Å². The van der Waals surface area contributed by atoms with Gasteiger partial charge < -0.3 is 19.9 Å². The number of likely N-dealkylation sites (N-methyl/N-ethyl adjacent to an activating group) is 1. The van der Waals surface area contributed by atoms with Crippen LogP contribution in [0.25, 0.3) is 10.9 Å². The molecule has 0 saturated carbocycles. The first kappa shape index (κ1) is 18.7. The number of aromatic nitrogens is 3. The van der Waals surface area contributed by atoms with Crippen LogP contribution in [-0.4, -0.2) is 64.2 Å². The van der Waals surface area contributed by atoms with Crippen molar-refractivity contribution in [3.05, 3.63) is 53.5 Å². The quantitative estimate of drug-likeness (QED) is 0.626. The van der Waals surface area contributed by atoms with Crippen LogP contribution in [0, 0.1) is 0 Å². The van der Waals surface area contributed by atoms with Crippen molar-refractivity contribution in [3.63, 3.8) is 0 Å². The average Bonchev–Trinajstić information content (AvgIpc) is 3.35. The topological polar surface area (TPSA) is 109 Å². The fourth-order valence-corrected chi connectivity index (χ4v) is 3.50. The number of amides is 2. The number of hydrogen-bond donors (Lipinski definition) is 2. The Balaban J connectivity index is 1.56. The summed E-state index contributed by atoms with van der Waals surface area (Å²) in [6.45, 7) is 1.04. The van der Waals surface area contributed by atoms with E-state index in [2.05, 4.69) is 15.4 Å². The van der Waals surface area contributed by atoms with Crippen molar-refractivity contribution in [2.24, 2.45) is 0 Å². The largest absolute Gasteiger partial charge is 0.467 e. The third-order valence-electron chi connectivity index (χ3n) is 5.12. The predicted molar refractivity (Wildman–Crippen MR) is 104 cm³/mol. The Morgan fingerprint density at radius 2 is 2.10 bits per heavy atom. The van der Waals surface area contributed by atoms with Crippen molar-refractivity contribution in [1.29, 1.82) is 0 Å². The number of esters is 1. The second-order valence-corrected chi connectivity index (χ2v) is 6.98. The minimum absolute atomic E-state index is 0.0940. The minimum Gasteiger partial charge on any atom is -0.467 e. The van der Waals surface area contributed by atoms with Gasteiger partial charge in [0.25, 0.3) is 11.8 Å². The third kappa shape index (κ3) is 3.46. The molecule has 0 fully saturated rings. The first-order valence-electron chi connectivity index (χ1n) is 9.25. The molecule has 0 aliphatic carbocycles. The molecule has 9 nitrogen and oxygen atoms in total. The van der Waals surface area contributed by atoms with Gasteiger partial charge in [-0.3, -0.25) is 14.3 Å². The normalized spacial score (nSPS) is 14.6. The molecule has 0 unspecified atom stereocenters. The Morgan fingerprint density at radius 3 is 2.90 bits per heavy atom. The van der Waals surface area contributed by atoms with Gasteiger partial charge in [-0.1, -0.05) is 18.2 Å². The van der Waals surface area contributed by atoms with Gasteiger partial charge in [0.15, 0.2) is 5.69 Å². The van der Waals surface area contributed by atoms with E-state index in [9.17, 15) is 14.4 Å². The highest BCUT2D eigenvalue weighted by Crippen LogP contribution is 2.20. The summed E-state index contributed by atoms with van der Waals surface area (Å²) in [4.78, 5) is 42.0. The van der Waals surface area contributed by atoms with Crippen LogP contribution in [0.1, 0.15) is 26.5 Å². The number of ether oxygens (including phenoxy) is 1. The standard InChI is InChI=1S/C20H21N5O4/c1-24-7-8-25-17(19(24)27)10-15(23-25)18(26)22-16(20(28)29-2)9-12-11-21-14-6-4-3-5-13(12)14/h3-6,10-11,16,21H,7-9H2,1-2H3,(H,22,26)/t16-/m0/s1. The van der Waals surface area contributed by atoms with E-state index in [1.165, 1.54) is 17.9 Å². The van der Waals surface area contributed by atoms with Crippen LogP contribution in [0.3, 0.4) is 0 Å². The zero-order valence-electron chi connectivity index (χ0n) is 16.1. The number of aromatic amines is 1. The first-order valence-corrected chi connectivity index (χ1v) is 9.25. The molecule has 1 atom stereocenters. The number of rotatable bonds is 5. The number of hydrogen-bond acceptors (Lipinski definition) is 5. The van der Waals surface area contributed by atoms with Crippen LogP contribution in [0.2, 0.25) is 0 Å². The summed E-state index contributed by atoms with van der Waals surface area (Å²) in [6, 6.07) is 8.28. The molecule has 0 bridgehead atoms. The number of nitrogens with zero attached hydrogens (tertiary/aromatic N) is 3. The van der Waals surface area contributed by atoms with E-state index in [0.29, 0.717) is 18.8 Å². The summed E-state index contributed by atoms with van der Waals surface area (Å²) in [7, 11) is 2.98. The summed E-state index contributed by atoms with van der Waals surface area (Å²) >= 11 is 0. The van der Waals surface area contributed by atoms with E-state index >= 15 is 0 Å². The van der Waals surface area contributed by atoms with E-state index in [0.717, 1.165) is 16.5 Å². The van der Waals surface area contributed by atoms with Crippen molar-refractivity contribution >= 4 is 28.7 Å². The molecule has 4 rings (SSSR count). The predicted octanol–water partition coefficient (Wildman–Crippen LogP) is 0.964. The van der Waals surface area contributed by atoms with Crippen LogP contribution < -0.4 is 5.32 Å². The maximum atomic E-state index is 12.7. The summed E-state index contributed by atoms with van der Waals surface area (Å²) in [5.74, 6) is -1.27. The lowest BCUT2D eigenvalue weighted by atomic mass is 10.0. The summed E-state index contributed by atoms with van der Waals surface area (Å²) in [5, 5.41) is 7.89. The van der Waals surface area contributed by atoms with Gasteiger partial charge in [0.05, 0.1) is 13.7 Å². The average molecular weight is 395 g/mol. The zero-order valence-corrected chi connectivity index (χ0v) is 16.1. The fourth-order valence-electron chi connectivity index (χ4n) is 3.50. The summed E-state index contributed by atoms with van der Waals surface area (Å²) < 4.78 is 6.39.